The highest BCUT2D eigenvalue weighted by molar-refractivity contribution is 7.85. The molecule has 0 amide bonds. The first kappa shape index (κ1) is 29.7. The van der Waals surface area contributed by atoms with Gasteiger partial charge in [-0.2, -0.15) is 8.42 Å². The Morgan fingerprint density at radius 3 is 2.15 bits per heavy atom. The second-order valence-corrected chi connectivity index (χ2v) is 9.45. The highest BCUT2D eigenvalue weighted by Crippen LogP contribution is 2.23. The van der Waals surface area contributed by atoms with E-state index in [9.17, 15) is 33.3 Å². The maximum absolute atomic E-state index is 12.0. The van der Waals surface area contributed by atoms with E-state index < -0.39 is 71.2 Å². The van der Waals surface area contributed by atoms with E-state index in [-0.39, 0.29) is 19.4 Å². The summed E-state index contributed by atoms with van der Waals surface area (Å²) in [6.45, 7) is 3.16. The summed E-state index contributed by atoms with van der Waals surface area (Å²) < 4.78 is 52.3. The van der Waals surface area contributed by atoms with Gasteiger partial charge in [-0.1, -0.05) is 33.1 Å². The summed E-state index contributed by atoms with van der Waals surface area (Å²) in [5.74, 6) is -2.06. The van der Waals surface area contributed by atoms with Gasteiger partial charge in [0.15, 0.2) is 12.4 Å². The lowest BCUT2D eigenvalue weighted by Crippen LogP contribution is -2.60. The lowest BCUT2D eigenvalue weighted by molar-refractivity contribution is -0.297. The summed E-state index contributed by atoms with van der Waals surface area (Å²) >= 11 is 0. The topological polar surface area (TPSA) is 186 Å². The van der Waals surface area contributed by atoms with Gasteiger partial charge in [0.1, 0.15) is 36.8 Å². The molecule has 0 saturated carbocycles. The summed E-state index contributed by atoms with van der Waals surface area (Å²) in [5.41, 5.74) is 0. The van der Waals surface area contributed by atoms with Crippen molar-refractivity contribution in [3.05, 3.63) is 0 Å². The van der Waals surface area contributed by atoms with Crippen LogP contribution in [0.5, 0.6) is 0 Å². The predicted octanol–water partition coefficient (Wildman–Crippen LogP) is -0.0761. The van der Waals surface area contributed by atoms with Gasteiger partial charge in [0, 0.05) is 12.8 Å². The molecule has 4 N–H and O–H groups in total. The van der Waals surface area contributed by atoms with Gasteiger partial charge in [0.05, 0.1) is 6.61 Å². The lowest BCUT2D eigenvalue weighted by atomic mass is 10.00. The molecule has 0 aromatic carbocycles. The Hall–Kier alpha value is -1.35. The van der Waals surface area contributed by atoms with Crippen LogP contribution in [-0.4, -0.2) is 96.0 Å². The standard InChI is InChI=1S/C20H36O12S/c1-3-5-7-9-15(21)29-10-13(31-16(22)8-6-4-2)11-30-20-19(25)18(24)17(23)14(32-20)12-33(26,27)28/h13-14,17-20,23-25H,3-12H2,1-2H3,(H,26,27,28)/t13-,14-,17-,18+,19-,20-/m1/s1. The van der Waals surface area contributed by atoms with Crippen molar-refractivity contribution in [2.24, 2.45) is 0 Å². The largest absolute Gasteiger partial charge is 0.462 e. The maximum Gasteiger partial charge on any atom is 0.306 e. The quantitative estimate of drug-likeness (QED) is 0.133. The van der Waals surface area contributed by atoms with Crippen LogP contribution in [0.1, 0.15) is 58.8 Å². The van der Waals surface area contributed by atoms with Crippen molar-refractivity contribution >= 4 is 22.1 Å². The summed E-state index contributed by atoms with van der Waals surface area (Å²) in [4.78, 5) is 23.9. The Kier molecular flexibility index (Phi) is 13.3. The molecule has 6 atom stereocenters. The second kappa shape index (κ2) is 14.8. The average Bonchev–Trinajstić information content (AvgIpc) is 2.74. The van der Waals surface area contributed by atoms with Crippen LogP contribution in [0.15, 0.2) is 0 Å². The van der Waals surface area contributed by atoms with E-state index in [0.29, 0.717) is 12.8 Å². The number of rotatable bonds is 15. The van der Waals surface area contributed by atoms with Crippen molar-refractivity contribution in [3.63, 3.8) is 0 Å². The molecule has 33 heavy (non-hydrogen) atoms. The van der Waals surface area contributed by atoms with Crippen LogP contribution in [0.2, 0.25) is 0 Å². The second-order valence-electron chi connectivity index (χ2n) is 7.95. The third-order valence-corrected chi connectivity index (χ3v) is 5.69. The van der Waals surface area contributed by atoms with Gasteiger partial charge in [0.2, 0.25) is 0 Å². The monoisotopic (exact) mass is 500 g/mol. The fourth-order valence-electron chi connectivity index (χ4n) is 3.06. The molecule has 0 aromatic heterocycles. The first-order valence-electron chi connectivity index (χ1n) is 11.1. The summed E-state index contributed by atoms with van der Waals surface area (Å²) in [7, 11) is -4.57. The van der Waals surface area contributed by atoms with Gasteiger partial charge in [-0.25, -0.2) is 0 Å². The molecule has 0 bridgehead atoms. The molecule has 0 aromatic rings. The average molecular weight is 501 g/mol. The zero-order valence-electron chi connectivity index (χ0n) is 19.0. The third kappa shape index (κ3) is 11.6. The Balaban J connectivity index is 2.75. The van der Waals surface area contributed by atoms with E-state index in [0.717, 1.165) is 19.3 Å². The molecule has 0 spiro atoms. The van der Waals surface area contributed by atoms with E-state index >= 15 is 0 Å². The molecular weight excluding hydrogens is 464 g/mol. The molecule has 0 radical (unpaired) electrons. The van der Waals surface area contributed by atoms with Crippen molar-refractivity contribution in [2.45, 2.75) is 95.6 Å². The molecule has 1 rings (SSSR count). The van der Waals surface area contributed by atoms with Crippen molar-refractivity contribution < 1.29 is 56.8 Å². The lowest BCUT2D eigenvalue weighted by Gasteiger charge is -2.40. The van der Waals surface area contributed by atoms with E-state index in [1.54, 1.807) is 0 Å². The highest BCUT2D eigenvalue weighted by atomic mass is 32.2. The zero-order chi connectivity index (χ0) is 25.0. The van der Waals surface area contributed by atoms with Crippen molar-refractivity contribution in [3.8, 4) is 0 Å². The minimum Gasteiger partial charge on any atom is -0.462 e. The van der Waals surface area contributed by atoms with Gasteiger partial charge >= 0.3 is 11.9 Å². The number of carbonyl (C=O) groups is 2. The van der Waals surface area contributed by atoms with E-state index in [4.69, 9.17) is 23.5 Å². The van der Waals surface area contributed by atoms with E-state index in [2.05, 4.69) is 0 Å². The highest BCUT2D eigenvalue weighted by Gasteiger charge is 2.45. The fraction of sp³-hybridized carbons (Fsp3) is 0.900. The van der Waals surface area contributed by atoms with Crippen LogP contribution in [0.25, 0.3) is 0 Å². The molecule has 1 heterocycles. The van der Waals surface area contributed by atoms with Crippen LogP contribution in [-0.2, 0) is 38.7 Å². The van der Waals surface area contributed by atoms with Gasteiger partial charge < -0.3 is 34.3 Å². The Bertz CT molecular complexity index is 697. The van der Waals surface area contributed by atoms with E-state index in [1.807, 2.05) is 13.8 Å². The number of hydrogen-bond acceptors (Lipinski definition) is 11. The molecule has 1 aliphatic rings. The summed E-state index contributed by atoms with van der Waals surface area (Å²) in [5, 5.41) is 30.0. The van der Waals surface area contributed by atoms with Crippen LogP contribution in [0, 0.1) is 0 Å². The minimum absolute atomic E-state index is 0.140. The third-order valence-electron chi connectivity index (χ3n) is 4.94. The first-order chi connectivity index (χ1) is 15.5. The van der Waals surface area contributed by atoms with Crippen molar-refractivity contribution in [2.75, 3.05) is 19.0 Å². The number of aliphatic hydroxyl groups excluding tert-OH is 3. The summed E-state index contributed by atoms with van der Waals surface area (Å²) in [6, 6.07) is 0. The van der Waals surface area contributed by atoms with Crippen LogP contribution >= 0.6 is 0 Å². The first-order valence-corrected chi connectivity index (χ1v) is 12.7. The Morgan fingerprint density at radius 2 is 1.55 bits per heavy atom. The number of unbranched alkanes of at least 4 members (excludes halogenated alkanes) is 3. The Morgan fingerprint density at radius 1 is 0.909 bits per heavy atom. The number of hydrogen-bond donors (Lipinski definition) is 4. The molecular formula is C20H36O12S. The predicted molar refractivity (Wildman–Crippen MR) is 114 cm³/mol. The molecule has 1 fully saturated rings. The number of carbonyl (C=O) groups excluding carboxylic acids is 2. The molecule has 1 saturated heterocycles. The molecule has 12 nitrogen and oxygen atoms in total. The van der Waals surface area contributed by atoms with Gasteiger partial charge in [-0.05, 0) is 12.8 Å². The van der Waals surface area contributed by atoms with Crippen LogP contribution in [0.3, 0.4) is 0 Å². The van der Waals surface area contributed by atoms with Crippen LogP contribution in [0.4, 0.5) is 0 Å². The normalized spacial score (nSPS) is 26.5. The molecule has 13 heteroatoms. The zero-order valence-corrected chi connectivity index (χ0v) is 19.8. The molecule has 0 unspecified atom stereocenters. The summed E-state index contributed by atoms with van der Waals surface area (Å²) in [6.07, 6.45) is -5.46. The smallest absolute Gasteiger partial charge is 0.306 e. The Labute approximate surface area is 193 Å². The SMILES string of the molecule is CCCCCC(=O)OC[C@H](CO[C@@H]1O[C@H](CS(=O)(=O)O)[C@@H](O)[C@H](O)[C@H]1O)OC(=O)CCCC. The molecule has 0 aliphatic carbocycles. The van der Waals surface area contributed by atoms with Crippen LogP contribution < -0.4 is 0 Å². The molecule has 1 aliphatic heterocycles. The van der Waals surface area contributed by atoms with E-state index in [1.165, 1.54) is 0 Å². The number of ether oxygens (including phenoxy) is 4. The number of aliphatic hydroxyl groups is 3. The fourth-order valence-corrected chi connectivity index (χ4v) is 3.75. The maximum atomic E-state index is 12.0. The minimum atomic E-state index is -4.57. The van der Waals surface area contributed by atoms with Crippen molar-refractivity contribution in [1.82, 2.24) is 0 Å². The van der Waals surface area contributed by atoms with Crippen molar-refractivity contribution in [1.29, 1.82) is 0 Å². The van der Waals surface area contributed by atoms with Gasteiger partial charge in [-0.3, -0.25) is 14.1 Å². The van der Waals surface area contributed by atoms with Gasteiger partial charge in [0.25, 0.3) is 10.1 Å². The number of esters is 2. The van der Waals surface area contributed by atoms with Gasteiger partial charge in [-0.15, -0.1) is 0 Å². The molecule has 194 valence electrons.